The maximum Gasteiger partial charge on any atom is 0.254 e. The number of methoxy groups -OCH3 is 1. The highest BCUT2D eigenvalue weighted by atomic mass is 35.5. The first-order valence-electron chi connectivity index (χ1n) is 11.4. The fraction of sp³-hybridized carbons (Fsp3) is 0.214. The molecular formula is C28H28ClN3O3. The Morgan fingerprint density at radius 3 is 2.51 bits per heavy atom. The molecule has 0 saturated heterocycles. The van der Waals surface area contributed by atoms with Gasteiger partial charge in [-0.15, -0.1) is 0 Å². The lowest BCUT2D eigenvalue weighted by molar-refractivity contribution is -0.118. The fourth-order valence-electron chi connectivity index (χ4n) is 4.58. The normalized spacial score (nSPS) is 17.7. The summed E-state index contributed by atoms with van der Waals surface area (Å²) in [5.74, 6) is -1.18. The van der Waals surface area contributed by atoms with Gasteiger partial charge in [-0.1, -0.05) is 66.2 Å². The smallest absolute Gasteiger partial charge is 0.254 e. The maximum absolute atomic E-state index is 13.9. The number of nitrogens with one attached hydrogen (secondary N) is 1. The Labute approximate surface area is 210 Å². The number of ether oxygens (including phenoxy) is 1. The summed E-state index contributed by atoms with van der Waals surface area (Å²) in [6, 6.07) is 21.6. The molecule has 0 aromatic heterocycles. The van der Waals surface area contributed by atoms with Crippen molar-refractivity contribution in [1.82, 2.24) is 4.90 Å². The van der Waals surface area contributed by atoms with E-state index in [1.807, 2.05) is 55.5 Å². The average Bonchev–Trinajstić information content (AvgIpc) is 2.86. The van der Waals surface area contributed by atoms with Crippen LogP contribution in [0.5, 0.6) is 0 Å². The Morgan fingerprint density at radius 2 is 1.83 bits per heavy atom. The van der Waals surface area contributed by atoms with Gasteiger partial charge >= 0.3 is 0 Å². The number of benzene rings is 3. The van der Waals surface area contributed by atoms with Crippen molar-refractivity contribution < 1.29 is 14.3 Å². The molecule has 2 amide bonds. The number of aryl methyl sites for hydroxylation is 1. The molecule has 1 aliphatic rings. The SMILES string of the molecule is COCCN1C(=O)c2ccccc2C(C(=O)Nc2ccc(C)cc2Cl)C1/C(=C/N)c1ccccc1. The molecule has 0 radical (unpaired) electrons. The lowest BCUT2D eigenvalue weighted by Gasteiger charge is -2.42. The summed E-state index contributed by atoms with van der Waals surface area (Å²) < 4.78 is 5.30. The number of carbonyl (C=O) groups excluding carboxylic acids is 2. The minimum atomic E-state index is -0.729. The molecule has 3 N–H and O–H groups in total. The number of nitrogens with zero attached hydrogens (tertiary/aromatic N) is 1. The molecule has 180 valence electrons. The van der Waals surface area contributed by atoms with Crippen LogP contribution in [0, 0.1) is 6.92 Å². The molecule has 2 unspecified atom stereocenters. The highest BCUT2D eigenvalue weighted by molar-refractivity contribution is 6.33. The lowest BCUT2D eigenvalue weighted by Crippen LogP contribution is -2.52. The lowest BCUT2D eigenvalue weighted by atomic mass is 9.77. The highest BCUT2D eigenvalue weighted by Crippen LogP contribution is 2.40. The van der Waals surface area contributed by atoms with Crippen molar-refractivity contribution in [3.05, 3.63) is 106 Å². The van der Waals surface area contributed by atoms with Crippen LogP contribution in [-0.2, 0) is 9.53 Å². The van der Waals surface area contributed by atoms with Crippen LogP contribution in [0.1, 0.15) is 33.0 Å². The zero-order valence-corrected chi connectivity index (χ0v) is 20.5. The fourth-order valence-corrected chi connectivity index (χ4v) is 4.87. The summed E-state index contributed by atoms with van der Waals surface area (Å²) in [6.07, 6.45) is 1.49. The number of nitrogens with two attached hydrogens (primary N) is 1. The number of halogens is 1. The zero-order chi connectivity index (χ0) is 24.9. The Balaban J connectivity index is 1.86. The molecule has 4 rings (SSSR count). The molecular weight excluding hydrogens is 462 g/mol. The van der Waals surface area contributed by atoms with Crippen molar-refractivity contribution in [3.8, 4) is 0 Å². The third-order valence-corrected chi connectivity index (χ3v) is 6.56. The van der Waals surface area contributed by atoms with Gasteiger partial charge in [-0.05, 0) is 53.6 Å². The van der Waals surface area contributed by atoms with Crippen LogP contribution >= 0.6 is 11.6 Å². The standard InChI is InChI=1S/C28H28ClN3O3/c1-18-12-13-24(23(29)16-18)31-27(33)25-20-10-6-7-11-21(20)28(34)32(14-15-35-2)26(25)22(17-30)19-8-4-3-5-9-19/h3-13,16-17,25-26H,14-15,30H2,1-2H3,(H,31,33)/b22-17+. The van der Waals surface area contributed by atoms with Crippen LogP contribution in [0.4, 0.5) is 5.69 Å². The first-order valence-corrected chi connectivity index (χ1v) is 11.8. The Kier molecular flexibility index (Phi) is 7.54. The molecule has 0 bridgehead atoms. The van der Waals surface area contributed by atoms with Gasteiger partial charge in [0.05, 0.1) is 29.3 Å². The van der Waals surface area contributed by atoms with Gasteiger partial charge < -0.3 is 20.7 Å². The molecule has 3 aromatic carbocycles. The molecule has 3 aromatic rings. The number of hydrogen-bond donors (Lipinski definition) is 2. The Bertz CT molecular complexity index is 1260. The van der Waals surface area contributed by atoms with E-state index in [1.54, 1.807) is 36.3 Å². The zero-order valence-electron chi connectivity index (χ0n) is 19.7. The average molecular weight is 490 g/mol. The van der Waals surface area contributed by atoms with Crippen LogP contribution in [0.25, 0.3) is 5.57 Å². The second kappa shape index (κ2) is 10.8. The molecule has 0 aliphatic carbocycles. The summed E-state index contributed by atoms with van der Waals surface area (Å²) in [5, 5.41) is 3.44. The number of fused-ring (bicyclic) bond motifs is 1. The summed E-state index contributed by atoms with van der Waals surface area (Å²) in [5.41, 5.74) is 10.3. The Hall–Kier alpha value is -3.61. The van der Waals surface area contributed by atoms with E-state index in [0.717, 1.165) is 11.1 Å². The minimum Gasteiger partial charge on any atom is -0.404 e. The minimum absolute atomic E-state index is 0.171. The molecule has 1 aliphatic heterocycles. The van der Waals surface area contributed by atoms with E-state index in [0.29, 0.717) is 40.6 Å². The third-order valence-electron chi connectivity index (χ3n) is 6.25. The number of carbonyl (C=O) groups is 2. The van der Waals surface area contributed by atoms with E-state index in [4.69, 9.17) is 22.1 Å². The van der Waals surface area contributed by atoms with Crippen molar-refractivity contribution >= 4 is 34.7 Å². The molecule has 2 atom stereocenters. The molecule has 0 fully saturated rings. The van der Waals surface area contributed by atoms with Crippen LogP contribution < -0.4 is 11.1 Å². The molecule has 1 heterocycles. The van der Waals surface area contributed by atoms with Gasteiger partial charge in [-0.3, -0.25) is 9.59 Å². The topological polar surface area (TPSA) is 84.7 Å². The Morgan fingerprint density at radius 1 is 1.11 bits per heavy atom. The molecule has 6 nitrogen and oxygen atoms in total. The first kappa shape index (κ1) is 24.5. The molecule has 7 heteroatoms. The van der Waals surface area contributed by atoms with Crippen LogP contribution in [-0.4, -0.2) is 43.0 Å². The summed E-state index contributed by atoms with van der Waals surface area (Å²) in [4.78, 5) is 29.3. The van der Waals surface area contributed by atoms with E-state index >= 15 is 0 Å². The van der Waals surface area contributed by atoms with Gasteiger partial charge in [0.1, 0.15) is 0 Å². The number of hydrogen-bond acceptors (Lipinski definition) is 4. The van der Waals surface area contributed by atoms with Crippen LogP contribution in [0.15, 0.2) is 79.0 Å². The van der Waals surface area contributed by atoms with Crippen molar-refractivity contribution in [2.45, 2.75) is 18.9 Å². The predicted octanol–water partition coefficient (Wildman–Crippen LogP) is 4.84. The second-order valence-electron chi connectivity index (χ2n) is 8.46. The van der Waals surface area contributed by atoms with Gasteiger partial charge in [-0.2, -0.15) is 0 Å². The van der Waals surface area contributed by atoms with Gasteiger partial charge in [0.25, 0.3) is 5.91 Å². The largest absolute Gasteiger partial charge is 0.404 e. The van der Waals surface area contributed by atoms with E-state index in [2.05, 4.69) is 5.32 Å². The predicted molar refractivity (Wildman–Crippen MR) is 139 cm³/mol. The van der Waals surface area contributed by atoms with Crippen LogP contribution in [0.3, 0.4) is 0 Å². The van der Waals surface area contributed by atoms with Gasteiger partial charge in [0, 0.05) is 19.2 Å². The van der Waals surface area contributed by atoms with Crippen molar-refractivity contribution in [2.24, 2.45) is 5.73 Å². The van der Waals surface area contributed by atoms with E-state index in [-0.39, 0.29) is 11.8 Å². The van der Waals surface area contributed by atoms with Crippen molar-refractivity contribution in [2.75, 3.05) is 25.6 Å². The summed E-state index contributed by atoms with van der Waals surface area (Å²) in [6.45, 7) is 2.55. The number of amides is 2. The van der Waals surface area contributed by atoms with E-state index in [9.17, 15) is 9.59 Å². The first-order chi connectivity index (χ1) is 17.0. The highest BCUT2D eigenvalue weighted by Gasteiger charge is 2.45. The second-order valence-corrected chi connectivity index (χ2v) is 8.87. The molecule has 0 saturated carbocycles. The quantitative estimate of drug-likeness (QED) is 0.497. The van der Waals surface area contributed by atoms with Crippen molar-refractivity contribution in [3.63, 3.8) is 0 Å². The molecule has 0 spiro atoms. The van der Waals surface area contributed by atoms with Crippen LogP contribution in [0.2, 0.25) is 5.02 Å². The summed E-state index contributed by atoms with van der Waals surface area (Å²) >= 11 is 6.43. The number of rotatable bonds is 7. The number of anilines is 1. The maximum atomic E-state index is 13.9. The van der Waals surface area contributed by atoms with Gasteiger partial charge in [0.15, 0.2) is 0 Å². The van der Waals surface area contributed by atoms with E-state index in [1.165, 1.54) is 6.20 Å². The van der Waals surface area contributed by atoms with E-state index < -0.39 is 12.0 Å². The van der Waals surface area contributed by atoms with Crippen molar-refractivity contribution in [1.29, 1.82) is 0 Å². The summed E-state index contributed by atoms with van der Waals surface area (Å²) in [7, 11) is 1.58. The monoisotopic (exact) mass is 489 g/mol. The third kappa shape index (κ3) is 4.94. The molecule has 35 heavy (non-hydrogen) atoms. The van der Waals surface area contributed by atoms with Gasteiger partial charge in [0.2, 0.25) is 5.91 Å². The van der Waals surface area contributed by atoms with Gasteiger partial charge in [-0.25, -0.2) is 0 Å².